The Labute approximate surface area is 84.6 Å². The lowest BCUT2D eigenvalue weighted by atomic mass is 10.2. The highest BCUT2D eigenvalue weighted by Gasteiger charge is 2.21. The minimum absolute atomic E-state index is 0.196. The number of rotatable bonds is 5. The second-order valence-electron chi connectivity index (χ2n) is 2.98. The lowest BCUT2D eigenvalue weighted by Gasteiger charge is -2.13. The molecule has 0 amide bonds. The largest absolute Gasteiger partial charge is 0.394 e. The summed E-state index contributed by atoms with van der Waals surface area (Å²) in [6.07, 6.45) is -0.390. The molecule has 1 heterocycles. The Bertz CT molecular complexity index is 339. The summed E-state index contributed by atoms with van der Waals surface area (Å²) in [5.74, 6) is -0.279. The maximum Gasteiger partial charge on any atom is 0.342 e. The Hall–Kier alpha value is -1.51. The number of hydrogen-bond acceptors (Lipinski definition) is 6. The van der Waals surface area contributed by atoms with E-state index in [9.17, 15) is 15.2 Å². The molecule has 0 fully saturated rings. The number of nitrogens with zero attached hydrogens (tertiary/aromatic N) is 3. The van der Waals surface area contributed by atoms with Gasteiger partial charge in [0.2, 0.25) is 0 Å². The summed E-state index contributed by atoms with van der Waals surface area (Å²) >= 11 is 0. The molecule has 0 saturated carbocycles. The Morgan fingerprint density at radius 3 is 2.73 bits per heavy atom. The smallest absolute Gasteiger partial charge is 0.342 e. The van der Waals surface area contributed by atoms with Crippen molar-refractivity contribution >= 4 is 5.82 Å². The molecule has 84 valence electrons. The van der Waals surface area contributed by atoms with E-state index in [-0.39, 0.29) is 12.4 Å². The molecule has 0 bridgehead atoms. The zero-order chi connectivity index (χ0) is 11.4. The molecule has 8 heteroatoms. The van der Waals surface area contributed by atoms with E-state index in [0.717, 1.165) is 10.8 Å². The summed E-state index contributed by atoms with van der Waals surface area (Å²) in [6.45, 7) is -0.804. The van der Waals surface area contributed by atoms with E-state index >= 15 is 0 Å². The van der Waals surface area contributed by atoms with E-state index < -0.39 is 23.7 Å². The molecule has 15 heavy (non-hydrogen) atoms. The van der Waals surface area contributed by atoms with Crippen LogP contribution in [0.4, 0.5) is 5.82 Å². The van der Waals surface area contributed by atoms with Crippen LogP contribution in [0.5, 0.6) is 0 Å². The first kappa shape index (κ1) is 11.6. The normalized spacial score (nSPS) is 14.9. The highest BCUT2D eigenvalue weighted by Crippen LogP contribution is 2.11. The van der Waals surface area contributed by atoms with Gasteiger partial charge < -0.3 is 25.4 Å². The van der Waals surface area contributed by atoms with Gasteiger partial charge >= 0.3 is 5.82 Å². The molecule has 1 rings (SSSR count). The second-order valence-corrected chi connectivity index (χ2v) is 2.98. The van der Waals surface area contributed by atoms with Crippen LogP contribution in [-0.2, 0) is 6.54 Å². The van der Waals surface area contributed by atoms with Gasteiger partial charge in [-0.1, -0.05) is 0 Å². The fourth-order valence-corrected chi connectivity index (χ4v) is 1.05. The molecule has 0 spiro atoms. The van der Waals surface area contributed by atoms with Crippen LogP contribution in [0.15, 0.2) is 12.5 Å². The Morgan fingerprint density at radius 2 is 2.20 bits per heavy atom. The quantitative estimate of drug-likeness (QED) is 0.408. The third-order valence-corrected chi connectivity index (χ3v) is 1.89. The molecule has 0 aliphatic heterocycles. The van der Waals surface area contributed by atoms with Crippen molar-refractivity contribution in [2.24, 2.45) is 0 Å². The van der Waals surface area contributed by atoms with Gasteiger partial charge in [0, 0.05) is 0 Å². The number of aliphatic hydroxyl groups is 3. The molecule has 2 atom stereocenters. The number of aromatic nitrogens is 2. The van der Waals surface area contributed by atoms with Crippen molar-refractivity contribution in [1.82, 2.24) is 9.55 Å². The summed E-state index contributed by atoms with van der Waals surface area (Å²) in [4.78, 5) is 13.4. The number of imidazole rings is 1. The molecule has 0 radical (unpaired) electrons. The zero-order valence-corrected chi connectivity index (χ0v) is 7.72. The maximum absolute atomic E-state index is 10.5. The van der Waals surface area contributed by atoms with Gasteiger partial charge in [-0.2, -0.15) is 0 Å². The van der Waals surface area contributed by atoms with E-state index in [2.05, 4.69) is 4.98 Å². The van der Waals surface area contributed by atoms with Crippen LogP contribution in [0.3, 0.4) is 0 Å². The Balaban J connectivity index is 2.72. The van der Waals surface area contributed by atoms with Gasteiger partial charge in [0.1, 0.15) is 24.9 Å². The van der Waals surface area contributed by atoms with E-state index in [4.69, 9.17) is 10.2 Å². The van der Waals surface area contributed by atoms with Gasteiger partial charge in [0.25, 0.3) is 0 Å². The third kappa shape index (κ3) is 2.72. The minimum Gasteiger partial charge on any atom is -0.394 e. The summed E-state index contributed by atoms with van der Waals surface area (Å²) in [5.41, 5.74) is 0. The fraction of sp³-hybridized carbons (Fsp3) is 0.571. The lowest BCUT2D eigenvalue weighted by Crippen LogP contribution is -2.33. The van der Waals surface area contributed by atoms with Crippen molar-refractivity contribution in [3.05, 3.63) is 22.6 Å². The van der Waals surface area contributed by atoms with Crippen molar-refractivity contribution in [2.75, 3.05) is 6.61 Å². The van der Waals surface area contributed by atoms with Crippen molar-refractivity contribution in [3.63, 3.8) is 0 Å². The molecule has 0 aliphatic rings. The summed E-state index contributed by atoms with van der Waals surface area (Å²) < 4.78 is 1.09. The predicted octanol–water partition coefficient (Wildman–Crippen LogP) is -1.49. The SMILES string of the molecule is O=[N+]([O-])c1cncn1CC(O)C(O)CO. The van der Waals surface area contributed by atoms with Crippen LogP contribution in [0.25, 0.3) is 0 Å². The lowest BCUT2D eigenvalue weighted by molar-refractivity contribution is -0.392. The maximum atomic E-state index is 10.5. The van der Waals surface area contributed by atoms with Crippen LogP contribution in [0.2, 0.25) is 0 Å². The zero-order valence-electron chi connectivity index (χ0n) is 7.72. The minimum atomic E-state index is -1.33. The molecule has 1 aromatic heterocycles. The van der Waals surface area contributed by atoms with Crippen molar-refractivity contribution in [1.29, 1.82) is 0 Å². The third-order valence-electron chi connectivity index (χ3n) is 1.89. The average Bonchev–Trinajstić information content (AvgIpc) is 2.64. The van der Waals surface area contributed by atoms with E-state index in [1.165, 1.54) is 6.33 Å². The predicted molar refractivity (Wildman–Crippen MR) is 48.0 cm³/mol. The summed E-state index contributed by atoms with van der Waals surface area (Å²) in [7, 11) is 0. The van der Waals surface area contributed by atoms with Crippen LogP contribution >= 0.6 is 0 Å². The molecule has 8 nitrogen and oxygen atoms in total. The molecular weight excluding hydrogens is 206 g/mol. The van der Waals surface area contributed by atoms with Gasteiger partial charge in [0.15, 0.2) is 6.33 Å². The van der Waals surface area contributed by atoms with E-state index in [0.29, 0.717) is 0 Å². The second kappa shape index (κ2) is 4.82. The van der Waals surface area contributed by atoms with Crippen molar-refractivity contribution in [2.45, 2.75) is 18.8 Å². The first-order valence-electron chi connectivity index (χ1n) is 4.17. The van der Waals surface area contributed by atoms with E-state index in [1.54, 1.807) is 0 Å². The van der Waals surface area contributed by atoms with Gasteiger partial charge in [-0.05, 0) is 4.92 Å². The highest BCUT2D eigenvalue weighted by atomic mass is 16.6. The molecule has 3 N–H and O–H groups in total. The van der Waals surface area contributed by atoms with Crippen molar-refractivity contribution in [3.8, 4) is 0 Å². The number of nitro groups is 1. The van der Waals surface area contributed by atoms with Gasteiger partial charge in [-0.25, -0.2) is 9.55 Å². The van der Waals surface area contributed by atoms with Crippen molar-refractivity contribution < 1.29 is 20.2 Å². The first-order valence-corrected chi connectivity index (χ1v) is 4.17. The Kier molecular flexibility index (Phi) is 3.72. The standard InChI is InChI=1S/C7H11N3O5/c11-3-6(13)5(12)2-9-4-8-1-7(9)10(14)15/h1,4-6,11-13H,2-3H2. The van der Waals surface area contributed by atoms with E-state index in [1.807, 2.05) is 0 Å². The van der Waals surface area contributed by atoms with Gasteiger partial charge in [-0.3, -0.25) is 0 Å². The molecule has 0 aliphatic carbocycles. The molecule has 0 aromatic carbocycles. The van der Waals surface area contributed by atoms with Crippen LogP contribution in [0, 0.1) is 10.1 Å². The summed E-state index contributed by atoms with van der Waals surface area (Å²) in [5, 5.41) is 37.4. The molecule has 1 aromatic rings. The van der Waals surface area contributed by atoms with Gasteiger partial charge in [-0.15, -0.1) is 0 Å². The van der Waals surface area contributed by atoms with Crippen LogP contribution in [-0.4, -0.2) is 48.6 Å². The molecular formula is C7H11N3O5. The highest BCUT2D eigenvalue weighted by molar-refractivity contribution is 5.14. The monoisotopic (exact) mass is 217 g/mol. The average molecular weight is 217 g/mol. The molecule has 2 unspecified atom stereocenters. The first-order chi connectivity index (χ1) is 7.06. The topological polar surface area (TPSA) is 122 Å². The molecule has 0 saturated heterocycles. The van der Waals surface area contributed by atoms with Crippen LogP contribution < -0.4 is 0 Å². The summed E-state index contributed by atoms with van der Waals surface area (Å²) in [6, 6.07) is 0. The Morgan fingerprint density at radius 1 is 1.53 bits per heavy atom. The van der Waals surface area contributed by atoms with Gasteiger partial charge in [0.05, 0.1) is 6.61 Å². The fourth-order valence-electron chi connectivity index (χ4n) is 1.05. The number of aliphatic hydroxyl groups excluding tert-OH is 3. The number of hydrogen-bond donors (Lipinski definition) is 3. The van der Waals surface area contributed by atoms with Crippen LogP contribution in [0.1, 0.15) is 0 Å².